The van der Waals surface area contributed by atoms with Crippen LogP contribution in [0.3, 0.4) is 0 Å². The van der Waals surface area contributed by atoms with Crippen LogP contribution in [0.5, 0.6) is 0 Å². The molecule has 0 unspecified atom stereocenters. The summed E-state index contributed by atoms with van der Waals surface area (Å²) in [4.78, 5) is 9.78. The normalized spacial score (nSPS) is 12.5. The molecular formula is C32H44N2. The van der Waals surface area contributed by atoms with Gasteiger partial charge in [-0.1, -0.05) is 114 Å². The van der Waals surface area contributed by atoms with E-state index in [1.165, 1.54) is 56.1 Å². The van der Waals surface area contributed by atoms with Gasteiger partial charge in [0.2, 0.25) is 0 Å². The van der Waals surface area contributed by atoms with E-state index in [1.54, 1.807) is 0 Å². The zero-order valence-corrected chi connectivity index (χ0v) is 21.7. The Balaban J connectivity index is 2.16. The number of hydrogen-bond acceptors (Lipinski definition) is 2. The quantitative estimate of drug-likeness (QED) is 0.177. The Kier molecular flexibility index (Phi) is 14.3. The van der Waals surface area contributed by atoms with Gasteiger partial charge in [-0.2, -0.15) is 0 Å². The maximum absolute atomic E-state index is 4.99. The van der Waals surface area contributed by atoms with Crippen LogP contribution in [-0.2, 0) is 0 Å². The fourth-order valence-corrected chi connectivity index (χ4v) is 3.69. The average Bonchev–Trinajstić information content (AvgIpc) is 2.86. The Labute approximate surface area is 208 Å². The van der Waals surface area contributed by atoms with Gasteiger partial charge in [-0.05, 0) is 61.1 Å². The molecule has 2 aromatic rings. The topological polar surface area (TPSA) is 24.7 Å². The molecule has 0 bridgehead atoms. The first-order valence-electron chi connectivity index (χ1n) is 13.4. The lowest BCUT2D eigenvalue weighted by Crippen LogP contribution is -2.00. The van der Waals surface area contributed by atoms with E-state index >= 15 is 0 Å². The first-order chi connectivity index (χ1) is 16.7. The van der Waals surface area contributed by atoms with Crippen LogP contribution < -0.4 is 0 Å². The monoisotopic (exact) mass is 456 g/mol. The summed E-state index contributed by atoms with van der Waals surface area (Å²) in [6.45, 7) is 6.71. The van der Waals surface area contributed by atoms with Gasteiger partial charge in [-0.3, -0.25) is 9.98 Å². The highest BCUT2D eigenvalue weighted by Gasteiger charge is 2.00. The number of nitrogens with zero attached hydrogens (tertiary/aromatic N) is 2. The number of rotatable bonds is 16. The third-order valence-electron chi connectivity index (χ3n) is 5.73. The van der Waals surface area contributed by atoms with Gasteiger partial charge in [-0.15, -0.1) is 0 Å². The summed E-state index contributed by atoms with van der Waals surface area (Å²) in [6, 6.07) is 16.9. The summed E-state index contributed by atoms with van der Waals surface area (Å²) in [5.74, 6) is 0. The van der Waals surface area contributed by atoms with Crippen molar-refractivity contribution in [2.45, 2.75) is 91.4 Å². The molecule has 0 amide bonds. The average molecular weight is 457 g/mol. The molecule has 182 valence electrons. The maximum Gasteiger partial charge on any atom is 0.0639 e. The van der Waals surface area contributed by atoms with E-state index in [4.69, 9.17) is 9.98 Å². The second-order valence-corrected chi connectivity index (χ2v) is 8.95. The Bertz CT molecular complexity index is 934. The molecule has 0 aliphatic rings. The third-order valence-corrected chi connectivity index (χ3v) is 5.73. The molecule has 0 atom stereocenters. The fraction of sp³-hybridized carbons (Fsp3) is 0.438. The molecule has 2 nitrogen and oxygen atoms in total. The van der Waals surface area contributed by atoms with Gasteiger partial charge < -0.3 is 0 Å². The molecule has 0 aliphatic heterocycles. The van der Waals surface area contributed by atoms with Crippen molar-refractivity contribution in [1.29, 1.82) is 0 Å². The summed E-state index contributed by atoms with van der Waals surface area (Å²) >= 11 is 0. The summed E-state index contributed by atoms with van der Waals surface area (Å²) in [5.41, 5.74) is 5.44. The van der Waals surface area contributed by atoms with Gasteiger partial charge in [0.05, 0.1) is 17.1 Å². The van der Waals surface area contributed by atoms with E-state index in [2.05, 4.69) is 93.6 Å². The van der Waals surface area contributed by atoms with Crippen LogP contribution in [0.15, 0.2) is 70.7 Å². The molecular weight excluding hydrogens is 412 g/mol. The predicted octanol–water partition coefficient (Wildman–Crippen LogP) is 10.5. The minimum Gasteiger partial charge on any atom is -0.255 e. The molecule has 2 rings (SSSR count). The summed E-state index contributed by atoms with van der Waals surface area (Å²) in [7, 11) is 0. The van der Waals surface area contributed by atoms with Gasteiger partial charge in [0, 0.05) is 6.21 Å². The summed E-state index contributed by atoms with van der Waals surface area (Å²) < 4.78 is 0. The Morgan fingerprint density at radius 3 is 1.88 bits per heavy atom. The van der Waals surface area contributed by atoms with Crippen LogP contribution in [0.25, 0.3) is 12.2 Å². The molecule has 2 aromatic carbocycles. The van der Waals surface area contributed by atoms with Crippen molar-refractivity contribution in [3.8, 4) is 0 Å². The maximum atomic E-state index is 4.99. The van der Waals surface area contributed by atoms with Crippen molar-refractivity contribution in [3.05, 3.63) is 71.8 Å². The molecule has 0 aromatic heterocycles. The molecule has 0 spiro atoms. The molecule has 0 fully saturated rings. The van der Waals surface area contributed by atoms with Crippen molar-refractivity contribution < 1.29 is 0 Å². The molecule has 0 N–H and O–H groups in total. The summed E-state index contributed by atoms with van der Waals surface area (Å²) in [6.07, 6.45) is 24.0. The zero-order valence-electron chi connectivity index (χ0n) is 21.7. The van der Waals surface area contributed by atoms with E-state index in [1.807, 2.05) is 6.21 Å². The van der Waals surface area contributed by atoms with Crippen molar-refractivity contribution in [1.82, 2.24) is 0 Å². The van der Waals surface area contributed by atoms with Crippen LogP contribution >= 0.6 is 0 Å². The van der Waals surface area contributed by atoms with Crippen LogP contribution in [0.1, 0.15) is 103 Å². The molecule has 0 radical (unpaired) electrons. The molecule has 0 heterocycles. The minimum absolute atomic E-state index is 0.955. The van der Waals surface area contributed by atoms with E-state index < -0.39 is 0 Å². The highest BCUT2D eigenvalue weighted by Crippen LogP contribution is 2.19. The van der Waals surface area contributed by atoms with Crippen LogP contribution in [0, 0.1) is 0 Å². The van der Waals surface area contributed by atoms with E-state index in [0.717, 1.165) is 42.8 Å². The van der Waals surface area contributed by atoms with Crippen LogP contribution in [-0.4, -0.2) is 11.9 Å². The smallest absolute Gasteiger partial charge is 0.0639 e. The lowest BCUT2D eigenvalue weighted by atomic mass is 10.1. The minimum atomic E-state index is 0.955. The lowest BCUT2D eigenvalue weighted by Gasteiger charge is -2.04. The number of hydrogen-bond donors (Lipinski definition) is 0. The Morgan fingerprint density at radius 2 is 1.26 bits per heavy atom. The molecule has 0 saturated heterocycles. The zero-order chi connectivity index (χ0) is 24.3. The fourth-order valence-electron chi connectivity index (χ4n) is 3.69. The van der Waals surface area contributed by atoms with Crippen molar-refractivity contribution >= 4 is 35.5 Å². The standard InChI is InChI=1S/C32H44N2/c1-4-7-10-13-18-28-20-16-23-30(25-28)33-27-32(22-15-12-9-6-3)34-31-24-17-21-29(26-31)19-14-11-8-5-2/h13-14,16-21,23-27H,4-12,15,22H2,1-3H3. The predicted molar refractivity (Wildman–Crippen MR) is 154 cm³/mol. The first kappa shape index (κ1) is 27.5. The van der Waals surface area contributed by atoms with Crippen LogP contribution in [0.2, 0.25) is 0 Å². The second kappa shape index (κ2) is 17.7. The van der Waals surface area contributed by atoms with E-state index in [0.29, 0.717) is 0 Å². The number of allylic oxidation sites excluding steroid dienone is 2. The lowest BCUT2D eigenvalue weighted by molar-refractivity contribution is 0.684. The Morgan fingerprint density at radius 1 is 0.676 bits per heavy atom. The molecule has 2 heteroatoms. The van der Waals surface area contributed by atoms with Crippen molar-refractivity contribution in [2.24, 2.45) is 9.98 Å². The summed E-state index contributed by atoms with van der Waals surface area (Å²) in [5, 5.41) is 0. The highest BCUT2D eigenvalue weighted by atomic mass is 14.8. The van der Waals surface area contributed by atoms with E-state index in [9.17, 15) is 0 Å². The van der Waals surface area contributed by atoms with Crippen molar-refractivity contribution in [2.75, 3.05) is 0 Å². The second-order valence-electron chi connectivity index (χ2n) is 8.95. The number of benzene rings is 2. The van der Waals surface area contributed by atoms with Crippen molar-refractivity contribution in [3.63, 3.8) is 0 Å². The molecule has 0 aliphatic carbocycles. The largest absolute Gasteiger partial charge is 0.255 e. The van der Waals surface area contributed by atoms with E-state index in [-0.39, 0.29) is 0 Å². The van der Waals surface area contributed by atoms with Gasteiger partial charge in [-0.25, -0.2) is 0 Å². The van der Waals surface area contributed by atoms with Crippen LogP contribution in [0.4, 0.5) is 11.4 Å². The Hall–Kier alpha value is -2.74. The van der Waals surface area contributed by atoms with Gasteiger partial charge in [0.25, 0.3) is 0 Å². The molecule has 0 saturated carbocycles. The SMILES string of the molecule is CCCCC=Cc1cccc(N=CC(CCCCCC)=Nc2cccc(C=CCCCC)c2)c1. The highest BCUT2D eigenvalue weighted by molar-refractivity contribution is 6.31. The molecule has 34 heavy (non-hydrogen) atoms. The number of unbranched alkanes of at least 4 members (excludes halogenated alkanes) is 7. The number of aliphatic imine (C=N–C) groups is 2. The van der Waals surface area contributed by atoms with Gasteiger partial charge in [0.1, 0.15) is 0 Å². The first-order valence-corrected chi connectivity index (χ1v) is 13.4. The van der Waals surface area contributed by atoms with Gasteiger partial charge in [0.15, 0.2) is 0 Å². The third kappa shape index (κ3) is 11.9. The van der Waals surface area contributed by atoms with Gasteiger partial charge >= 0.3 is 0 Å².